The fraction of sp³-hybridized carbons (Fsp3) is 0.400. The van der Waals surface area contributed by atoms with Gasteiger partial charge in [-0.1, -0.05) is 12.1 Å². The third kappa shape index (κ3) is 3.28. The van der Waals surface area contributed by atoms with E-state index in [2.05, 4.69) is 10.2 Å². The molecule has 6 nitrogen and oxygen atoms in total. The lowest BCUT2D eigenvalue weighted by Gasteiger charge is -2.32. The lowest BCUT2D eigenvalue weighted by Crippen LogP contribution is -2.46. The molecule has 0 saturated carbocycles. The summed E-state index contributed by atoms with van der Waals surface area (Å²) in [5, 5.41) is 6.09. The van der Waals surface area contributed by atoms with Gasteiger partial charge in [-0.25, -0.2) is 14.3 Å². The molecule has 134 valence electrons. The molecular formula is C15H14F4N4O2. The number of piperidine rings is 1. The van der Waals surface area contributed by atoms with E-state index in [0.29, 0.717) is 4.90 Å². The zero-order valence-corrected chi connectivity index (χ0v) is 12.9. The molecule has 0 unspecified atom stereocenters. The average molecular weight is 358 g/mol. The van der Waals surface area contributed by atoms with E-state index in [1.807, 2.05) is 0 Å². The fourth-order valence-electron chi connectivity index (χ4n) is 2.98. The van der Waals surface area contributed by atoms with Gasteiger partial charge in [-0.3, -0.25) is 9.36 Å². The van der Waals surface area contributed by atoms with Crippen molar-refractivity contribution in [2.45, 2.75) is 25.1 Å². The summed E-state index contributed by atoms with van der Waals surface area (Å²) in [4.78, 5) is 24.1. The quantitative estimate of drug-likeness (QED) is 0.836. The second-order valence-corrected chi connectivity index (χ2v) is 5.72. The summed E-state index contributed by atoms with van der Waals surface area (Å²) in [5.74, 6) is -2.36. The minimum atomic E-state index is -4.92. The number of carbonyl (C=O) groups is 1. The second kappa shape index (κ2) is 6.34. The smallest absolute Gasteiger partial charge is 0.335 e. The van der Waals surface area contributed by atoms with Crippen LogP contribution in [0.25, 0.3) is 11.4 Å². The lowest BCUT2D eigenvalue weighted by atomic mass is 10.0. The topological polar surface area (TPSA) is 71.0 Å². The number of nitrogens with one attached hydrogen (secondary N) is 1. The average Bonchev–Trinajstić information content (AvgIpc) is 2.95. The van der Waals surface area contributed by atoms with Crippen molar-refractivity contribution < 1.29 is 22.4 Å². The molecule has 1 N–H and O–H groups in total. The maximum atomic E-state index is 14.0. The number of H-pyrrole nitrogens is 1. The van der Waals surface area contributed by atoms with Gasteiger partial charge >= 0.3 is 17.8 Å². The Morgan fingerprint density at radius 2 is 1.84 bits per heavy atom. The highest BCUT2D eigenvalue weighted by atomic mass is 19.4. The van der Waals surface area contributed by atoms with E-state index in [1.54, 1.807) is 6.07 Å². The van der Waals surface area contributed by atoms with Crippen LogP contribution in [0.4, 0.5) is 17.6 Å². The number of carbonyl (C=O) groups excluding carboxylic acids is 1. The molecule has 1 fully saturated rings. The van der Waals surface area contributed by atoms with Crippen molar-refractivity contribution in [3.05, 3.63) is 40.6 Å². The van der Waals surface area contributed by atoms with Crippen LogP contribution in [0.1, 0.15) is 18.9 Å². The molecule has 1 aromatic heterocycles. The number of hydrogen-bond acceptors (Lipinski definition) is 3. The van der Waals surface area contributed by atoms with Crippen LogP contribution in [-0.4, -0.2) is 44.8 Å². The van der Waals surface area contributed by atoms with Gasteiger partial charge in [-0.15, -0.1) is 0 Å². The minimum Gasteiger partial charge on any atom is -0.335 e. The van der Waals surface area contributed by atoms with Gasteiger partial charge in [0.15, 0.2) is 5.82 Å². The summed E-state index contributed by atoms with van der Waals surface area (Å²) in [6.07, 6.45) is -4.64. The molecule has 0 aliphatic carbocycles. The monoisotopic (exact) mass is 358 g/mol. The molecule has 2 heterocycles. The lowest BCUT2D eigenvalue weighted by molar-refractivity contribution is -0.186. The summed E-state index contributed by atoms with van der Waals surface area (Å²) in [5.41, 5.74) is -0.450. The maximum absolute atomic E-state index is 14.0. The highest BCUT2D eigenvalue weighted by molar-refractivity contribution is 5.81. The van der Waals surface area contributed by atoms with E-state index in [-0.39, 0.29) is 37.3 Å². The van der Waals surface area contributed by atoms with Gasteiger partial charge in [0.2, 0.25) is 0 Å². The summed E-state index contributed by atoms with van der Waals surface area (Å²) in [6.45, 7) is -0.283. The van der Waals surface area contributed by atoms with Crippen molar-refractivity contribution in [2.24, 2.45) is 0 Å². The van der Waals surface area contributed by atoms with Crippen LogP contribution in [0.3, 0.4) is 0 Å². The Labute approximate surface area is 139 Å². The minimum absolute atomic E-state index is 0.0868. The van der Waals surface area contributed by atoms with Crippen molar-refractivity contribution in [3.63, 3.8) is 0 Å². The Morgan fingerprint density at radius 3 is 2.44 bits per heavy atom. The summed E-state index contributed by atoms with van der Waals surface area (Å²) in [6, 6.07) is 5.30. The van der Waals surface area contributed by atoms with Crippen LogP contribution in [0.5, 0.6) is 0 Å². The van der Waals surface area contributed by atoms with E-state index in [1.165, 1.54) is 22.8 Å². The van der Waals surface area contributed by atoms with Crippen molar-refractivity contribution in [1.82, 2.24) is 19.7 Å². The molecule has 10 heteroatoms. The Kier molecular flexibility index (Phi) is 4.36. The number of aromatic amines is 1. The largest absolute Gasteiger partial charge is 0.471 e. The van der Waals surface area contributed by atoms with Gasteiger partial charge in [-0.05, 0) is 25.0 Å². The van der Waals surface area contributed by atoms with Crippen LogP contribution >= 0.6 is 0 Å². The predicted octanol–water partition coefficient (Wildman–Crippen LogP) is 2.10. The third-order valence-corrected chi connectivity index (χ3v) is 4.18. The molecular weight excluding hydrogens is 344 g/mol. The number of alkyl halides is 3. The van der Waals surface area contributed by atoms with E-state index < -0.39 is 29.6 Å². The van der Waals surface area contributed by atoms with Gasteiger partial charge in [0.05, 0.1) is 5.56 Å². The first-order valence-corrected chi connectivity index (χ1v) is 7.57. The first-order valence-electron chi connectivity index (χ1n) is 7.57. The number of halogens is 4. The molecule has 3 rings (SSSR count). The molecule has 1 aliphatic heterocycles. The molecule has 1 aliphatic rings. The molecule has 1 amide bonds. The van der Waals surface area contributed by atoms with Gasteiger partial charge in [-0.2, -0.15) is 18.3 Å². The standard InChI is InChI=1S/C15H14F4N4O2/c16-11-4-2-1-3-10(11)12-20-21-14(25)23(12)9-5-7-22(8-6-9)13(24)15(17,18)19/h1-4,9H,5-8H2,(H,21,25). The van der Waals surface area contributed by atoms with Crippen LogP contribution in [0.2, 0.25) is 0 Å². The zero-order valence-electron chi connectivity index (χ0n) is 12.9. The Hall–Kier alpha value is -2.65. The molecule has 0 atom stereocenters. The van der Waals surface area contributed by atoms with Gasteiger partial charge in [0, 0.05) is 19.1 Å². The van der Waals surface area contributed by atoms with Crippen LogP contribution in [-0.2, 0) is 4.79 Å². The number of rotatable bonds is 2. The Balaban J connectivity index is 1.84. The van der Waals surface area contributed by atoms with E-state index in [4.69, 9.17) is 0 Å². The SMILES string of the molecule is O=C(N1CCC(n2c(-c3ccccc3F)n[nH]c2=O)CC1)C(F)(F)F. The molecule has 25 heavy (non-hydrogen) atoms. The normalized spacial score (nSPS) is 16.2. The Morgan fingerprint density at radius 1 is 1.20 bits per heavy atom. The predicted molar refractivity (Wildman–Crippen MR) is 79.1 cm³/mol. The van der Waals surface area contributed by atoms with E-state index >= 15 is 0 Å². The van der Waals surface area contributed by atoms with Gasteiger partial charge < -0.3 is 4.90 Å². The van der Waals surface area contributed by atoms with Gasteiger partial charge in [0.1, 0.15) is 5.82 Å². The number of nitrogens with zero attached hydrogens (tertiary/aromatic N) is 3. The number of aromatic nitrogens is 3. The van der Waals surface area contributed by atoms with E-state index in [0.717, 1.165) is 0 Å². The van der Waals surface area contributed by atoms with Gasteiger partial charge in [0.25, 0.3) is 0 Å². The van der Waals surface area contributed by atoms with Crippen LogP contribution in [0.15, 0.2) is 29.1 Å². The number of likely N-dealkylation sites (tertiary alicyclic amines) is 1. The highest BCUT2D eigenvalue weighted by Gasteiger charge is 2.43. The highest BCUT2D eigenvalue weighted by Crippen LogP contribution is 2.29. The number of hydrogen-bond donors (Lipinski definition) is 1. The van der Waals surface area contributed by atoms with Crippen molar-refractivity contribution in [3.8, 4) is 11.4 Å². The molecule has 1 aromatic carbocycles. The van der Waals surface area contributed by atoms with Crippen molar-refractivity contribution in [2.75, 3.05) is 13.1 Å². The van der Waals surface area contributed by atoms with E-state index in [9.17, 15) is 27.2 Å². The fourth-order valence-corrected chi connectivity index (χ4v) is 2.98. The second-order valence-electron chi connectivity index (χ2n) is 5.72. The van der Waals surface area contributed by atoms with Crippen molar-refractivity contribution in [1.29, 1.82) is 0 Å². The third-order valence-electron chi connectivity index (χ3n) is 4.18. The molecule has 0 bridgehead atoms. The zero-order chi connectivity index (χ0) is 18.2. The number of benzene rings is 1. The summed E-state index contributed by atoms with van der Waals surface area (Å²) in [7, 11) is 0. The summed E-state index contributed by atoms with van der Waals surface area (Å²) >= 11 is 0. The summed E-state index contributed by atoms with van der Waals surface area (Å²) < 4.78 is 52.7. The Bertz CT molecular complexity index is 835. The first kappa shape index (κ1) is 17.2. The first-order chi connectivity index (χ1) is 11.8. The molecule has 1 saturated heterocycles. The van der Waals surface area contributed by atoms with Crippen LogP contribution in [0, 0.1) is 5.82 Å². The molecule has 0 radical (unpaired) electrons. The number of amides is 1. The van der Waals surface area contributed by atoms with Crippen LogP contribution < -0.4 is 5.69 Å². The maximum Gasteiger partial charge on any atom is 0.471 e. The van der Waals surface area contributed by atoms with Crippen molar-refractivity contribution >= 4 is 5.91 Å². The molecule has 0 spiro atoms. The molecule has 2 aromatic rings.